The predicted octanol–water partition coefficient (Wildman–Crippen LogP) is 2.25. The van der Waals surface area contributed by atoms with Crippen LogP contribution in [0.3, 0.4) is 0 Å². The summed E-state index contributed by atoms with van der Waals surface area (Å²) in [6, 6.07) is 6.03. The zero-order valence-electron chi connectivity index (χ0n) is 11.1. The van der Waals surface area contributed by atoms with Crippen molar-refractivity contribution in [3.63, 3.8) is 0 Å². The highest BCUT2D eigenvalue weighted by molar-refractivity contribution is 5.96. The molecule has 0 atom stereocenters. The van der Waals surface area contributed by atoms with Crippen molar-refractivity contribution in [2.45, 2.75) is 39.2 Å². The highest BCUT2D eigenvalue weighted by Crippen LogP contribution is 2.18. The Morgan fingerprint density at radius 3 is 3.11 bits per heavy atom. The van der Waals surface area contributed by atoms with E-state index in [1.807, 2.05) is 12.1 Å². The van der Waals surface area contributed by atoms with E-state index in [0.29, 0.717) is 0 Å². The highest BCUT2D eigenvalue weighted by atomic mass is 16.1. The average Bonchev–Trinajstić information content (AvgIpc) is 2.43. The van der Waals surface area contributed by atoms with Crippen molar-refractivity contribution in [2.75, 3.05) is 13.1 Å². The number of hydrogen-bond acceptors (Lipinski definition) is 2. The molecular weight excluding hydrogens is 224 g/mol. The molecule has 0 unspecified atom stereocenters. The second-order valence-electron chi connectivity index (χ2n) is 4.83. The lowest BCUT2D eigenvalue weighted by Gasteiger charge is -2.19. The van der Waals surface area contributed by atoms with E-state index >= 15 is 0 Å². The van der Waals surface area contributed by atoms with Crippen molar-refractivity contribution in [3.05, 3.63) is 34.9 Å². The van der Waals surface area contributed by atoms with Gasteiger partial charge in [0.05, 0.1) is 0 Å². The molecule has 1 aromatic carbocycles. The zero-order chi connectivity index (χ0) is 12.8. The molecule has 0 spiro atoms. The average molecular weight is 246 g/mol. The molecule has 0 radical (unpaired) electrons. The van der Waals surface area contributed by atoms with Gasteiger partial charge < -0.3 is 10.6 Å². The van der Waals surface area contributed by atoms with E-state index in [2.05, 4.69) is 23.6 Å². The predicted molar refractivity (Wildman–Crippen MR) is 73.7 cm³/mol. The van der Waals surface area contributed by atoms with E-state index in [0.717, 1.165) is 38.0 Å². The number of nitrogens with one attached hydrogen (secondary N) is 2. The minimum absolute atomic E-state index is 0.0878. The number of amides is 1. The van der Waals surface area contributed by atoms with E-state index in [4.69, 9.17) is 0 Å². The van der Waals surface area contributed by atoms with Gasteiger partial charge in [-0.25, -0.2) is 0 Å². The lowest BCUT2D eigenvalue weighted by Crippen LogP contribution is -2.29. The molecule has 0 saturated heterocycles. The Morgan fingerprint density at radius 2 is 2.28 bits per heavy atom. The maximum atomic E-state index is 12.1. The van der Waals surface area contributed by atoms with Crippen molar-refractivity contribution in [1.29, 1.82) is 0 Å². The van der Waals surface area contributed by atoms with Gasteiger partial charge in [-0.3, -0.25) is 4.79 Å². The summed E-state index contributed by atoms with van der Waals surface area (Å²) in [5.41, 5.74) is 3.36. The first-order valence-electron chi connectivity index (χ1n) is 6.92. The lowest BCUT2D eigenvalue weighted by molar-refractivity contribution is 0.0951. The van der Waals surface area contributed by atoms with Crippen LogP contribution < -0.4 is 10.6 Å². The van der Waals surface area contributed by atoms with E-state index in [1.165, 1.54) is 24.0 Å². The largest absolute Gasteiger partial charge is 0.352 e. The Bertz CT molecular complexity index is 415. The van der Waals surface area contributed by atoms with Gasteiger partial charge in [0.15, 0.2) is 0 Å². The Morgan fingerprint density at radius 1 is 1.39 bits per heavy atom. The summed E-state index contributed by atoms with van der Waals surface area (Å²) in [6.07, 6.45) is 4.38. The fourth-order valence-corrected chi connectivity index (χ4v) is 2.42. The number of carbonyl (C=O) groups excluding carboxylic acids is 1. The van der Waals surface area contributed by atoms with Crippen LogP contribution in [0.1, 0.15) is 47.7 Å². The zero-order valence-corrected chi connectivity index (χ0v) is 11.1. The van der Waals surface area contributed by atoms with E-state index < -0.39 is 0 Å². The fourth-order valence-electron chi connectivity index (χ4n) is 2.42. The minimum atomic E-state index is 0.0878. The topological polar surface area (TPSA) is 41.1 Å². The van der Waals surface area contributed by atoms with Crippen LogP contribution in [0.15, 0.2) is 18.2 Å². The fraction of sp³-hybridized carbons (Fsp3) is 0.533. The molecule has 2 rings (SSSR count). The van der Waals surface area contributed by atoms with Gasteiger partial charge in [0, 0.05) is 18.7 Å². The first kappa shape index (κ1) is 13.1. The van der Waals surface area contributed by atoms with Gasteiger partial charge in [-0.1, -0.05) is 31.9 Å². The summed E-state index contributed by atoms with van der Waals surface area (Å²) in [5, 5.41) is 6.36. The summed E-state index contributed by atoms with van der Waals surface area (Å²) < 4.78 is 0. The van der Waals surface area contributed by atoms with Crippen LogP contribution >= 0.6 is 0 Å². The Balaban J connectivity index is 2.01. The van der Waals surface area contributed by atoms with Crippen LogP contribution in [-0.2, 0) is 13.0 Å². The van der Waals surface area contributed by atoms with E-state index in [9.17, 15) is 4.79 Å². The molecule has 3 nitrogen and oxygen atoms in total. The van der Waals surface area contributed by atoms with Gasteiger partial charge in [-0.2, -0.15) is 0 Å². The summed E-state index contributed by atoms with van der Waals surface area (Å²) >= 11 is 0. The third-order valence-electron chi connectivity index (χ3n) is 3.45. The molecule has 3 heteroatoms. The molecular formula is C15H22N2O. The number of carbonyl (C=O) groups is 1. The standard InChI is InChI=1S/C15H22N2O/c1-2-3-4-9-17-15(18)14-7-5-6-12-11-16-10-8-13(12)14/h5-7,16H,2-4,8-11H2,1H3,(H,17,18). The van der Waals surface area contributed by atoms with E-state index in [-0.39, 0.29) is 5.91 Å². The van der Waals surface area contributed by atoms with Gasteiger partial charge in [-0.15, -0.1) is 0 Å². The normalized spacial score (nSPS) is 14.1. The summed E-state index contributed by atoms with van der Waals surface area (Å²) in [4.78, 5) is 12.1. The minimum Gasteiger partial charge on any atom is -0.352 e. The van der Waals surface area contributed by atoms with Gasteiger partial charge in [-0.05, 0) is 36.6 Å². The van der Waals surface area contributed by atoms with Crippen LogP contribution in [0.2, 0.25) is 0 Å². The van der Waals surface area contributed by atoms with Crippen LogP contribution in [0.5, 0.6) is 0 Å². The van der Waals surface area contributed by atoms with Crippen LogP contribution in [0, 0.1) is 0 Å². The number of hydrogen-bond donors (Lipinski definition) is 2. The number of unbranched alkanes of at least 4 members (excludes halogenated alkanes) is 2. The van der Waals surface area contributed by atoms with Crippen LogP contribution in [-0.4, -0.2) is 19.0 Å². The molecule has 1 aliphatic heterocycles. The van der Waals surface area contributed by atoms with Gasteiger partial charge in [0.25, 0.3) is 5.91 Å². The van der Waals surface area contributed by atoms with Crippen molar-refractivity contribution < 1.29 is 4.79 Å². The molecule has 0 bridgehead atoms. The van der Waals surface area contributed by atoms with Crippen molar-refractivity contribution in [2.24, 2.45) is 0 Å². The third-order valence-corrected chi connectivity index (χ3v) is 3.45. The first-order valence-corrected chi connectivity index (χ1v) is 6.92. The Hall–Kier alpha value is -1.35. The smallest absolute Gasteiger partial charge is 0.251 e. The second kappa shape index (κ2) is 6.55. The van der Waals surface area contributed by atoms with Crippen molar-refractivity contribution in [1.82, 2.24) is 10.6 Å². The van der Waals surface area contributed by atoms with Crippen LogP contribution in [0.25, 0.3) is 0 Å². The molecule has 2 N–H and O–H groups in total. The Kier molecular flexibility index (Phi) is 4.76. The monoisotopic (exact) mass is 246 g/mol. The van der Waals surface area contributed by atoms with Gasteiger partial charge in [0.2, 0.25) is 0 Å². The lowest BCUT2D eigenvalue weighted by atomic mass is 9.95. The van der Waals surface area contributed by atoms with Crippen LogP contribution in [0.4, 0.5) is 0 Å². The molecule has 1 aliphatic rings. The summed E-state index contributed by atoms with van der Waals surface area (Å²) in [5.74, 6) is 0.0878. The third kappa shape index (κ3) is 3.10. The molecule has 0 aliphatic carbocycles. The molecule has 0 aromatic heterocycles. The van der Waals surface area contributed by atoms with Crippen molar-refractivity contribution >= 4 is 5.91 Å². The summed E-state index contributed by atoms with van der Waals surface area (Å²) in [6.45, 7) is 4.80. The molecule has 1 heterocycles. The SMILES string of the molecule is CCCCCNC(=O)c1cccc2c1CCNC2. The first-order chi connectivity index (χ1) is 8.83. The molecule has 18 heavy (non-hydrogen) atoms. The molecule has 98 valence electrons. The summed E-state index contributed by atoms with van der Waals surface area (Å²) in [7, 11) is 0. The highest BCUT2D eigenvalue weighted by Gasteiger charge is 2.16. The maximum absolute atomic E-state index is 12.1. The number of fused-ring (bicyclic) bond motifs is 1. The maximum Gasteiger partial charge on any atom is 0.251 e. The molecule has 1 amide bonds. The quantitative estimate of drug-likeness (QED) is 0.782. The molecule has 0 fully saturated rings. The van der Waals surface area contributed by atoms with Crippen molar-refractivity contribution in [3.8, 4) is 0 Å². The van der Waals surface area contributed by atoms with Gasteiger partial charge in [0.1, 0.15) is 0 Å². The van der Waals surface area contributed by atoms with Gasteiger partial charge >= 0.3 is 0 Å². The Labute approximate surface area is 109 Å². The second-order valence-corrected chi connectivity index (χ2v) is 4.83. The molecule has 1 aromatic rings. The van der Waals surface area contributed by atoms with E-state index in [1.54, 1.807) is 0 Å². The number of rotatable bonds is 5. The molecule has 0 saturated carbocycles. The number of benzene rings is 1.